The molecule has 14 heavy (non-hydrogen) atoms. The van der Waals surface area contributed by atoms with Gasteiger partial charge in [-0.1, -0.05) is 32.5 Å². The summed E-state index contributed by atoms with van der Waals surface area (Å²) in [4.78, 5) is 0. The fourth-order valence-corrected chi connectivity index (χ4v) is 2.64. The summed E-state index contributed by atoms with van der Waals surface area (Å²) in [5.41, 5.74) is 3.47. The summed E-state index contributed by atoms with van der Waals surface area (Å²) in [6.45, 7) is 6.57. The standard InChI is InChI=1S/C9H16N4S/c1-4-8-10-11-9-13(8)12-7(5-14-9)6(2)3/h6-7,12H,4-5H2,1-3H3. The van der Waals surface area contributed by atoms with Crippen molar-refractivity contribution in [3.63, 3.8) is 0 Å². The summed E-state index contributed by atoms with van der Waals surface area (Å²) >= 11 is 1.79. The number of aryl methyl sites for hydroxylation is 1. The Bertz CT molecular complexity index is 307. The van der Waals surface area contributed by atoms with Gasteiger partial charge in [0.15, 0.2) is 5.82 Å². The first kappa shape index (κ1) is 9.83. The predicted molar refractivity (Wildman–Crippen MR) is 58.1 cm³/mol. The van der Waals surface area contributed by atoms with Gasteiger partial charge in [0.25, 0.3) is 0 Å². The van der Waals surface area contributed by atoms with Crippen LogP contribution in [0.15, 0.2) is 5.16 Å². The lowest BCUT2D eigenvalue weighted by Gasteiger charge is -2.28. The molecule has 1 aromatic heterocycles. The number of hydrogen-bond acceptors (Lipinski definition) is 4. The first-order valence-corrected chi connectivity index (χ1v) is 6.04. The van der Waals surface area contributed by atoms with E-state index in [1.807, 2.05) is 4.68 Å². The zero-order valence-corrected chi connectivity index (χ0v) is 9.64. The van der Waals surface area contributed by atoms with Crippen LogP contribution >= 0.6 is 11.8 Å². The van der Waals surface area contributed by atoms with Crippen LogP contribution < -0.4 is 5.43 Å². The van der Waals surface area contributed by atoms with Crippen LogP contribution in [-0.2, 0) is 6.42 Å². The lowest BCUT2D eigenvalue weighted by Crippen LogP contribution is -2.38. The van der Waals surface area contributed by atoms with Gasteiger partial charge < -0.3 is 5.43 Å². The molecule has 1 aliphatic rings. The Morgan fingerprint density at radius 2 is 2.36 bits per heavy atom. The highest BCUT2D eigenvalue weighted by atomic mass is 32.2. The average molecular weight is 212 g/mol. The second-order valence-corrected chi connectivity index (χ2v) is 4.87. The van der Waals surface area contributed by atoms with Crippen LogP contribution in [0.2, 0.25) is 0 Å². The van der Waals surface area contributed by atoms with E-state index in [9.17, 15) is 0 Å². The molecule has 0 fully saturated rings. The third-order valence-electron chi connectivity index (χ3n) is 2.51. The van der Waals surface area contributed by atoms with Gasteiger partial charge in [-0.05, 0) is 5.92 Å². The van der Waals surface area contributed by atoms with Crippen molar-refractivity contribution in [2.24, 2.45) is 5.92 Å². The Morgan fingerprint density at radius 3 is 3.00 bits per heavy atom. The number of fused-ring (bicyclic) bond motifs is 1. The fraction of sp³-hybridized carbons (Fsp3) is 0.778. The van der Waals surface area contributed by atoms with Gasteiger partial charge in [-0.25, -0.2) is 4.68 Å². The van der Waals surface area contributed by atoms with Crippen molar-refractivity contribution >= 4 is 11.8 Å². The van der Waals surface area contributed by atoms with E-state index >= 15 is 0 Å². The largest absolute Gasteiger partial charge is 0.318 e. The smallest absolute Gasteiger partial charge is 0.210 e. The molecule has 0 saturated heterocycles. The molecule has 2 rings (SSSR count). The maximum atomic E-state index is 4.14. The third-order valence-corrected chi connectivity index (χ3v) is 3.56. The van der Waals surface area contributed by atoms with Crippen LogP contribution in [0.25, 0.3) is 0 Å². The molecule has 2 heterocycles. The van der Waals surface area contributed by atoms with E-state index < -0.39 is 0 Å². The van der Waals surface area contributed by atoms with E-state index in [-0.39, 0.29) is 0 Å². The normalized spacial score (nSPS) is 20.7. The van der Waals surface area contributed by atoms with Crippen molar-refractivity contribution in [2.45, 2.75) is 38.4 Å². The molecule has 1 atom stereocenters. The highest BCUT2D eigenvalue weighted by Crippen LogP contribution is 2.24. The Kier molecular flexibility index (Phi) is 2.67. The quantitative estimate of drug-likeness (QED) is 0.807. The maximum Gasteiger partial charge on any atom is 0.210 e. The molecule has 1 aromatic rings. The minimum atomic E-state index is 0.522. The highest BCUT2D eigenvalue weighted by molar-refractivity contribution is 7.99. The number of rotatable bonds is 2. The summed E-state index contributed by atoms with van der Waals surface area (Å²) in [6, 6.07) is 0.522. The number of aromatic nitrogens is 3. The molecule has 1 aliphatic heterocycles. The summed E-state index contributed by atoms with van der Waals surface area (Å²) in [7, 11) is 0. The molecule has 0 bridgehead atoms. The van der Waals surface area contributed by atoms with Crippen LogP contribution in [0.5, 0.6) is 0 Å². The molecular weight excluding hydrogens is 196 g/mol. The molecule has 4 nitrogen and oxygen atoms in total. The molecular formula is C9H16N4S. The van der Waals surface area contributed by atoms with Crippen molar-refractivity contribution in [1.82, 2.24) is 14.9 Å². The first-order chi connectivity index (χ1) is 6.72. The summed E-state index contributed by atoms with van der Waals surface area (Å²) in [6.07, 6.45) is 0.922. The maximum absolute atomic E-state index is 4.14. The highest BCUT2D eigenvalue weighted by Gasteiger charge is 2.23. The summed E-state index contributed by atoms with van der Waals surface area (Å²) in [5.74, 6) is 2.75. The Hall–Kier alpha value is -0.710. The van der Waals surface area contributed by atoms with E-state index in [1.165, 1.54) is 0 Å². The molecule has 5 heteroatoms. The van der Waals surface area contributed by atoms with Gasteiger partial charge in [-0.2, -0.15) is 0 Å². The van der Waals surface area contributed by atoms with Crippen LogP contribution in [0, 0.1) is 5.92 Å². The average Bonchev–Trinajstić information content (AvgIpc) is 2.59. The van der Waals surface area contributed by atoms with Gasteiger partial charge in [0.05, 0.1) is 6.04 Å². The summed E-state index contributed by atoms with van der Waals surface area (Å²) in [5, 5.41) is 9.27. The van der Waals surface area contributed by atoms with E-state index in [2.05, 4.69) is 36.4 Å². The zero-order chi connectivity index (χ0) is 10.1. The molecule has 0 radical (unpaired) electrons. The van der Waals surface area contributed by atoms with Gasteiger partial charge in [-0.15, -0.1) is 10.2 Å². The first-order valence-electron chi connectivity index (χ1n) is 5.06. The monoisotopic (exact) mass is 212 g/mol. The Labute approximate surface area is 88.5 Å². The number of nitrogens with zero attached hydrogens (tertiary/aromatic N) is 3. The van der Waals surface area contributed by atoms with Gasteiger partial charge in [0.1, 0.15) is 0 Å². The molecule has 1 N–H and O–H groups in total. The Morgan fingerprint density at radius 1 is 1.57 bits per heavy atom. The lowest BCUT2D eigenvalue weighted by atomic mass is 10.1. The van der Waals surface area contributed by atoms with Crippen molar-refractivity contribution < 1.29 is 0 Å². The molecule has 78 valence electrons. The van der Waals surface area contributed by atoms with Crippen LogP contribution in [-0.4, -0.2) is 26.7 Å². The van der Waals surface area contributed by atoms with E-state index in [4.69, 9.17) is 0 Å². The van der Waals surface area contributed by atoms with E-state index in [0.717, 1.165) is 23.2 Å². The molecule has 0 aromatic carbocycles. The Balaban J connectivity index is 2.23. The number of hydrogen-bond donors (Lipinski definition) is 1. The number of thioether (sulfide) groups is 1. The topological polar surface area (TPSA) is 42.7 Å². The molecule has 0 aliphatic carbocycles. The van der Waals surface area contributed by atoms with E-state index in [0.29, 0.717) is 12.0 Å². The van der Waals surface area contributed by atoms with Gasteiger partial charge in [0.2, 0.25) is 5.16 Å². The molecule has 0 spiro atoms. The van der Waals surface area contributed by atoms with Crippen LogP contribution in [0.1, 0.15) is 26.6 Å². The predicted octanol–water partition coefficient (Wildman–Crippen LogP) is 1.51. The van der Waals surface area contributed by atoms with Gasteiger partial charge in [-0.3, -0.25) is 0 Å². The van der Waals surface area contributed by atoms with Crippen LogP contribution in [0.3, 0.4) is 0 Å². The second-order valence-electron chi connectivity index (χ2n) is 3.88. The minimum absolute atomic E-state index is 0.522. The number of nitrogens with one attached hydrogen (secondary N) is 1. The van der Waals surface area contributed by atoms with Crippen LogP contribution in [0.4, 0.5) is 0 Å². The van der Waals surface area contributed by atoms with Gasteiger partial charge >= 0.3 is 0 Å². The van der Waals surface area contributed by atoms with Crippen molar-refractivity contribution in [3.05, 3.63) is 5.82 Å². The van der Waals surface area contributed by atoms with Crippen molar-refractivity contribution in [3.8, 4) is 0 Å². The van der Waals surface area contributed by atoms with Crippen molar-refractivity contribution in [1.29, 1.82) is 0 Å². The van der Waals surface area contributed by atoms with E-state index in [1.54, 1.807) is 11.8 Å². The third kappa shape index (κ3) is 1.61. The molecule has 1 unspecified atom stereocenters. The summed E-state index contributed by atoms with van der Waals surface area (Å²) < 4.78 is 2.04. The molecule has 0 amide bonds. The zero-order valence-electron chi connectivity index (χ0n) is 8.82. The minimum Gasteiger partial charge on any atom is -0.318 e. The van der Waals surface area contributed by atoms with Crippen molar-refractivity contribution in [2.75, 3.05) is 11.2 Å². The fourth-order valence-electron chi connectivity index (χ4n) is 1.46. The van der Waals surface area contributed by atoms with Gasteiger partial charge in [0, 0.05) is 12.2 Å². The SMILES string of the molecule is CCc1nnc2n1NC(C(C)C)CS2. The molecule has 0 saturated carbocycles. The second kappa shape index (κ2) is 3.81. The lowest BCUT2D eigenvalue weighted by molar-refractivity contribution is 0.495.